The largest absolute Gasteiger partial charge is 0.497 e. The van der Waals surface area contributed by atoms with Crippen LogP contribution < -0.4 is 4.74 Å². The second-order valence-electron chi connectivity index (χ2n) is 5.37. The van der Waals surface area contributed by atoms with E-state index < -0.39 is 5.60 Å². The molecule has 0 radical (unpaired) electrons. The predicted molar refractivity (Wildman–Crippen MR) is 83.4 cm³/mol. The molecular formula is C17H24N2O2. The zero-order chi connectivity index (χ0) is 15.5. The van der Waals surface area contributed by atoms with Crippen molar-refractivity contribution in [3.63, 3.8) is 0 Å². The number of benzene rings is 1. The van der Waals surface area contributed by atoms with Gasteiger partial charge in [0.05, 0.1) is 7.11 Å². The molecule has 0 saturated heterocycles. The van der Waals surface area contributed by atoms with Gasteiger partial charge < -0.3 is 14.4 Å². The number of aryl methyl sites for hydroxylation is 1. The topological polar surface area (TPSA) is 47.3 Å². The van der Waals surface area contributed by atoms with Crippen molar-refractivity contribution in [2.75, 3.05) is 7.11 Å². The number of rotatable bonds is 6. The molecule has 0 aliphatic rings. The van der Waals surface area contributed by atoms with Gasteiger partial charge in [0.1, 0.15) is 17.2 Å². The second-order valence-corrected chi connectivity index (χ2v) is 5.37. The zero-order valence-corrected chi connectivity index (χ0v) is 13.2. The maximum Gasteiger partial charge on any atom is 0.141 e. The zero-order valence-electron chi connectivity index (χ0n) is 13.2. The monoisotopic (exact) mass is 288 g/mol. The Morgan fingerprint density at radius 1 is 1.29 bits per heavy atom. The first-order chi connectivity index (χ1) is 10.1. The van der Waals surface area contributed by atoms with Gasteiger partial charge in [-0.2, -0.15) is 0 Å². The van der Waals surface area contributed by atoms with E-state index in [1.807, 2.05) is 49.0 Å². The average Bonchev–Trinajstić information content (AvgIpc) is 2.95. The SMILES string of the molecule is CC[C@@H](c1ccc(OC)cc1)[C@@](O)(CC)c1nccn1C. The van der Waals surface area contributed by atoms with E-state index in [9.17, 15) is 5.11 Å². The minimum atomic E-state index is -0.971. The quantitative estimate of drug-likeness (QED) is 0.888. The first kappa shape index (κ1) is 15.6. The van der Waals surface area contributed by atoms with Gasteiger partial charge in [-0.05, 0) is 30.5 Å². The van der Waals surface area contributed by atoms with Crippen LogP contribution in [0.25, 0.3) is 0 Å². The summed E-state index contributed by atoms with van der Waals surface area (Å²) >= 11 is 0. The van der Waals surface area contributed by atoms with Crippen molar-refractivity contribution in [3.05, 3.63) is 48.0 Å². The van der Waals surface area contributed by atoms with Crippen LogP contribution >= 0.6 is 0 Å². The van der Waals surface area contributed by atoms with Crippen LogP contribution in [0.1, 0.15) is 44.0 Å². The molecule has 1 aromatic carbocycles. The normalized spacial score (nSPS) is 15.5. The molecule has 1 aromatic heterocycles. The first-order valence-corrected chi connectivity index (χ1v) is 7.40. The van der Waals surface area contributed by atoms with Gasteiger partial charge in [-0.1, -0.05) is 26.0 Å². The Kier molecular flexibility index (Phi) is 4.68. The number of imidazole rings is 1. The van der Waals surface area contributed by atoms with Crippen molar-refractivity contribution < 1.29 is 9.84 Å². The van der Waals surface area contributed by atoms with Crippen molar-refractivity contribution >= 4 is 0 Å². The summed E-state index contributed by atoms with van der Waals surface area (Å²) in [5, 5.41) is 11.3. The Morgan fingerprint density at radius 2 is 1.95 bits per heavy atom. The van der Waals surface area contributed by atoms with Crippen molar-refractivity contribution in [3.8, 4) is 5.75 Å². The number of ether oxygens (including phenoxy) is 1. The van der Waals surface area contributed by atoms with E-state index in [4.69, 9.17) is 4.74 Å². The summed E-state index contributed by atoms with van der Waals surface area (Å²) in [7, 11) is 3.58. The maximum atomic E-state index is 11.3. The smallest absolute Gasteiger partial charge is 0.141 e. The van der Waals surface area contributed by atoms with Crippen molar-refractivity contribution in [2.24, 2.45) is 7.05 Å². The summed E-state index contributed by atoms with van der Waals surface area (Å²) in [5.74, 6) is 1.54. The summed E-state index contributed by atoms with van der Waals surface area (Å²) in [5.41, 5.74) is 0.132. The molecule has 0 aliphatic carbocycles. The van der Waals surface area contributed by atoms with Gasteiger partial charge in [0.15, 0.2) is 0 Å². The Morgan fingerprint density at radius 3 is 2.38 bits per heavy atom. The molecule has 0 aliphatic heterocycles. The van der Waals surface area contributed by atoms with Gasteiger partial charge in [0.2, 0.25) is 0 Å². The molecule has 21 heavy (non-hydrogen) atoms. The van der Waals surface area contributed by atoms with Crippen LogP contribution in [0.2, 0.25) is 0 Å². The predicted octanol–water partition coefficient (Wildman–Crippen LogP) is 3.22. The molecule has 4 nitrogen and oxygen atoms in total. The highest BCUT2D eigenvalue weighted by molar-refractivity contribution is 5.32. The van der Waals surface area contributed by atoms with E-state index >= 15 is 0 Å². The van der Waals surface area contributed by atoms with Crippen LogP contribution in [0, 0.1) is 0 Å². The highest BCUT2D eigenvalue weighted by atomic mass is 16.5. The molecule has 4 heteroatoms. The Hall–Kier alpha value is -1.81. The van der Waals surface area contributed by atoms with Gasteiger partial charge in [-0.15, -0.1) is 0 Å². The summed E-state index contributed by atoms with van der Waals surface area (Å²) in [6.45, 7) is 4.10. The van der Waals surface area contributed by atoms with E-state index in [0.29, 0.717) is 12.2 Å². The third-order valence-corrected chi connectivity index (χ3v) is 4.25. The lowest BCUT2D eigenvalue weighted by molar-refractivity contribution is -0.00939. The van der Waals surface area contributed by atoms with Gasteiger partial charge in [0.25, 0.3) is 0 Å². The van der Waals surface area contributed by atoms with Gasteiger partial charge in [-0.3, -0.25) is 0 Å². The minimum Gasteiger partial charge on any atom is -0.497 e. The minimum absolute atomic E-state index is 0.00509. The molecule has 0 bridgehead atoms. The van der Waals surface area contributed by atoms with Crippen molar-refractivity contribution in [1.82, 2.24) is 9.55 Å². The number of hydrogen-bond acceptors (Lipinski definition) is 3. The van der Waals surface area contributed by atoms with Crippen LogP contribution in [0.15, 0.2) is 36.7 Å². The van der Waals surface area contributed by atoms with Crippen LogP contribution in [0.5, 0.6) is 5.75 Å². The Bertz CT molecular complexity index is 577. The molecule has 2 aromatic rings. The fourth-order valence-electron chi connectivity index (χ4n) is 3.03. The molecule has 0 spiro atoms. The Labute approximate surface area is 126 Å². The maximum absolute atomic E-state index is 11.3. The van der Waals surface area contributed by atoms with E-state index in [-0.39, 0.29) is 5.92 Å². The number of aliphatic hydroxyl groups is 1. The van der Waals surface area contributed by atoms with E-state index in [1.165, 1.54) is 0 Å². The molecule has 2 atom stereocenters. The van der Waals surface area contributed by atoms with Crippen molar-refractivity contribution in [2.45, 2.75) is 38.2 Å². The number of hydrogen-bond donors (Lipinski definition) is 1. The molecule has 2 rings (SSSR count). The van der Waals surface area contributed by atoms with Crippen LogP contribution in [-0.2, 0) is 12.6 Å². The molecule has 0 amide bonds. The molecule has 0 unspecified atom stereocenters. The highest BCUT2D eigenvalue weighted by Gasteiger charge is 2.39. The summed E-state index contributed by atoms with van der Waals surface area (Å²) in [4.78, 5) is 4.38. The van der Waals surface area contributed by atoms with Crippen molar-refractivity contribution in [1.29, 1.82) is 0 Å². The van der Waals surface area contributed by atoms with E-state index in [0.717, 1.165) is 17.7 Å². The van der Waals surface area contributed by atoms with E-state index in [2.05, 4.69) is 11.9 Å². The first-order valence-electron chi connectivity index (χ1n) is 7.40. The van der Waals surface area contributed by atoms with Gasteiger partial charge >= 0.3 is 0 Å². The van der Waals surface area contributed by atoms with Gasteiger partial charge in [-0.25, -0.2) is 4.98 Å². The van der Waals surface area contributed by atoms with Crippen LogP contribution in [0.3, 0.4) is 0 Å². The fraction of sp³-hybridized carbons (Fsp3) is 0.471. The molecule has 0 saturated carbocycles. The second kappa shape index (κ2) is 6.31. The molecule has 0 fully saturated rings. The molecule has 114 valence electrons. The summed E-state index contributed by atoms with van der Waals surface area (Å²) in [6.07, 6.45) is 5.05. The lowest BCUT2D eigenvalue weighted by Gasteiger charge is -2.35. The summed E-state index contributed by atoms with van der Waals surface area (Å²) in [6, 6.07) is 7.92. The lowest BCUT2D eigenvalue weighted by Crippen LogP contribution is -2.35. The van der Waals surface area contributed by atoms with Crippen LogP contribution in [-0.4, -0.2) is 21.8 Å². The Balaban J connectivity index is 2.43. The lowest BCUT2D eigenvalue weighted by atomic mass is 9.78. The highest BCUT2D eigenvalue weighted by Crippen LogP contribution is 2.41. The molecule has 1 heterocycles. The number of methoxy groups -OCH3 is 1. The number of aromatic nitrogens is 2. The summed E-state index contributed by atoms with van der Waals surface area (Å²) < 4.78 is 7.11. The fourth-order valence-corrected chi connectivity index (χ4v) is 3.03. The third-order valence-electron chi connectivity index (χ3n) is 4.25. The van der Waals surface area contributed by atoms with E-state index in [1.54, 1.807) is 13.3 Å². The van der Waals surface area contributed by atoms with Gasteiger partial charge in [0, 0.05) is 25.4 Å². The third kappa shape index (κ3) is 2.81. The van der Waals surface area contributed by atoms with Crippen LogP contribution in [0.4, 0.5) is 0 Å². The standard InChI is InChI=1S/C17H24N2O2/c1-5-15(13-7-9-14(21-4)10-8-13)17(20,6-2)16-18-11-12-19(16)3/h7-12,15,20H,5-6H2,1-4H3/t15-,17-/m0/s1. The average molecular weight is 288 g/mol. The molecule has 1 N–H and O–H groups in total. The molecular weight excluding hydrogens is 264 g/mol. The number of nitrogens with zero attached hydrogens (tertiary/aromatic N) is 2.